The van der Waals surface area contributed by atoms with Crippen molar-refractivity contribution >= 4 is 5.57 Å². The van der Waals surface area contributed by atoms with Crippen molar-refractivity contribution in [2.45, 2.75) is 13.3 Å². The van der Waals surface area contributed by atoms with Gasteiger partial charge in [-0.25, -0.2) is 5.90 Å². The molecule has 0 spiro atoms. The Balaban J connectivity index is 2.06. The molecule has 18 heavy (non-hydrogen) atoms. The second-order valence-electron chi connectivity index (χ2n) is 4.13. The molecule has 0 bridgehead atoms. The summed E-state index contributed by atoms with van der Waals surface area (Å²) >= 11 is 0. The molecule has 0 saturated carbocycles. The Morgan fingerprint density at radius 2 is 2.17 bits per heavy atom. The normalized spacial score (nSPS) is 13.7. The summed E-state index contributed by atoms with van der Waals surface area (Å²) in [6, 6.07) is 5.79. The van der Waals surface area contributed by atoms with Crippen LogP contribution in [0.5, 0.6) is 11.5 Å². The Hall–Kier alpha value is -1.78. The van der Waals surface area contributed by atoms with Crippen molar-refractivity contribution in [3.63, 3.8) is 0 Å². The van der Waals surface area contributed by atoms with Gasteiger partial charge in [0.25, 0.3) is 0 Å². The Bertz CT molecular complexity index is 480. The summed E-state index contributed by atoms with van der Waals surface area (Å²) in [5, 5.41) is 0. The maximum Gasteiger partial charge on any atom is 0.138 e. The number of allylic oxidation sites excluding steroid dienone is 2. The SMILES string of the molecule is C=C1C=C(C)c2ccc(OCCCON)cc2O1. The third-order valence-electron chi connectivity index (χ3n) is 2.67. The van der Waals surface area contributed by atoms with Crippen molar-refractivity contribution in [2.75, 3.05) is 13.2 Å². The van der Waals surface area contributed by atoms with E-state index in [4.69, 9.17) is 15.4 Å². The summed E-state index contributed by atoms with van der Waals surface area (Å²) in [4.78, 5) is 4.47. The van der Waals surface area contributed by atoms with Gasteiger partial charge in [-0.3, -0.25) is 0 Å². The number of fused-ring (bicyclic) bond motifs is 1. The van der Waals surface area contributed by atoms with Crippen molar-refractivity contribution in [1.29, 1.82) is 0 Å². The lowest BCUT2D eigenvalue weighted by Gasteiger charge is -2.18. The van der Waals surface area contributed by atoms with E-state index in [2.05, 4.69) is 11.4 Å². The molecule has 1 aliphatic heterocycles. The van der Waals surface area contributed by atoms with Gasteiger partial charge in [-0.05, 0) is 30.7 Å². The van der Waals surface area contributed by atoms with Gasteiger partial charge >= 0.3 is 0 Å². The van der Waals surface area contributed by atoms with Crippen LogP contribution in [0.3, 0.4) is 0 Å². The average Bonchev–Trinajstić information content (AvgIpc) is 2.34. The van der Waals surface area contributed by atoms with Crippen LogP contribution in [0.15, 0.2) is 36.6 Å². The van der Waals surface area contributed by atoms with E-state index in [-0.39, 0.29) is 0 Å². The largest absolute Gasteiger partial charge is 0.493 e. The smallest absolute Gasteiger partial charge is 0.138 e. The number of benzene rings is 1. The third-order valence-corrected chi connectivity index (χ3v) is 2.67. The number of nitrogens with two attached hydrogens (primary N) is 1. The zero-order chi connectivity index (χ0) is 13.0. The van der Waals surface area contributed by atoms with E-state index in [1.165, 1.54) is 0 Å². The molecule has 96 valence electrons. The van der Waals surface area contributed by atoms with Crippen molar-refractivity contribution in [2.24, 2.45) is 5.90 Å². The Morgan fingerprint density at radius 1 is 1.33 bits per heavy atom. The molecular weight excluding hydrogens is 230 g/mol. The maximum atomic E-state index is 5.58. The van der Waals surface area contributed by atoms with Gasteiger partial charge in [0, 0.05) is 18.1 Å². The molecule has 2 rings (SSSR count). The fourth-order valence-corrected chi connectivity index (χ4v) is 1.82. The van der Waals surface area contributed by atoms with E-state index >= 15 is 0 Å². The van der Waals surface area contributed by atoms with Crippen molar-refractivity contribution < 1.29 is 14.3 Å². The molecular formula is C14H17NO3. The summed E-state index contributed by atoms with van der Waals surface area (Å²) in [5.41, 5.74) is 2.21. The first-order chi connectivity index (χ1) is 8.70. The first-order valence-electron chi connectivity index (χ1n) is 5.84. The minimum atomic E-state index is 0.486. The zero-order valence-corrected chi connectivity index (χ0v) is 10.4. The first kappa shape index (κ1) is 12.7. The second kappa shape index (κ2) is 5.71. The highest BCUT2D eigenvalue weighted by Crippen LogP contribution is 2.35. The van der Waals surface area contributed by atoms with Gasteiger partial charge in [0.05, 0.1) is 13.2 Å². The van der Waals surface area contributed by atoms with Crippen molar-refractivity contribution in [3.8, 4) is 11.5 Å². The van der Waals surface area contributed by atoms with Crippen LogP contribution in [0.1, 0.15) is 18.9 Å². The molecule has 1 aliphatic rings. The summed E-state index contributed by atoms with van der Waals surface area (Å²) in [6.45, 7) is 6.89. The summed E-state index contributed by atoms with van der Waals surface area (Å²) in [5.74, 6) is 7.14. The van der Waals surface area contributed by atoms with Crippen LogP contribution in [0, 0.1) is 0 Å². The highest BCUT2D eigenvalue weighted by Gasteiger charge is 2.13. The van der Waals surface area contributed by atoms with E-state index in [9.17, 15) is 0 Å². The van der Waals surface area contributed by atoms with E-state index in [0.717, 1.165) is 29.1 Å². The van der Waals surface area contributed by atoms with Gasteiger partial charge < -0.3 is 14.3 Å². The number of hydrogen-bond donors (Lipinski definition) is 1. The van der Waals surface area contributed by atoms with Gasteiger partial charge in [0.15, 0.2) is 0 Å². The van der Waals surface area contributed by atoms with E-state index < -0.39 is 0 Å². The van der Waals surface area contributed by atoms with E-state index in [1.807, 2.05) is 31.2 Å². The summed E-state index contributed by atoms with van der Waals surface area (Å²) in [6.07, 6.45) is 2.67. The summed E-state index contributed by atoms with van der Waals surface area (Å²) in [7, 11) is 0. The molecule has 0 atom stereocenters. The first-order valence-corrected chi connectivity index (χ1v) is 5.84. The van der Waals surface area contributed by atoms with Crippen LogP contribution in [0.25, 0.3) is 5.57 Å². The van der Waals surface area contributed by atoms with Gasteiger partial charge in [-0.15, -0.1) is 0 Å². The molecule has 0 saturated heterocycles. The summed E-state index contributed by atoms with van der Waals surface area (Å²) < 4.78 is 11.2. The van der Waals surface area contributed by atoms with Crippen LogP contribution in [0.2, 0.25) is 0 Å². The van der Waals surface area contributed by atoms with E-state index in [0.29, 0.717) is 19.0 Å². The topological polar surface area (TPSA) is 53.7 Å². The molecule has 1 aromatic rings. The minimum absolute atomic E-state index is 0.486. The Kier molecular flexibility index (Phi) is 4.02. The lowest BCUT2D eigenvalue weighted by Crippen LogP contribution is -2.07. The fraction of sp³-hybridized carbons (Fsp3) is 0.286. The highest BCUT2D eigenvalue weighted by molar-refractivity contribution is 5.74. The molecule has 0 unspecified atom stereocenters. The van der Waals surface area contributed by atoms with Gasteiger partial charge in [-0.1, -0.05) is 6.58 Å². The molecule has 1 heterocycles. The quantitative estimate of drug-likeness (QED) is 0.642. The minimum Gasteiger partial charge on any atom is -0.493 e. The molecule has 0 amide bonds. The second-order valence-corrected chi connectivity index (χ2v) is 4.13. The van der Waals surface area contributed by atoms with Crippen LogP contribution in [0.4, 0.5) is 0 Å². The van der Waals surface area contributed by atoms with Gasteiger partial charge in [0.1, 0.15) is 17.3 Å². The molecule has 0 radical (unpaired) electrons. The van der Waals surface area contributed by atoms with Gasteiger partial charge in [0.2, 0.25) is 0 Å². The van der Waals surface area contributed by atoms with Crippen LogP contribution in [-0.4, -0.2) is 13.2 Å². The highest BCUT2D eigenvalue weighted by atomic mass is 16.6. The average molecular weight is 247 g/mol. The molecule has 4 heteroatoms. The molecule has 0 aliphatic carbocycles. The lowest BCUT2D eigenvalue weighted by atomic mass is 10.0. The zero-order valence-electron chi connectivity index (χ0n) is 10.4. The molecule has 0 fully saturated rings. The number of hydrogen-bond acceptors (Lipinski definition) is 4. The molecule has 4 nitrogen and oxygen atoms in total. The maximum absolute atomic E-state index is 5.58. The van der Waals surface area contributed by atoms with Crippen LogP contribution in [-0.2, 0) is 4.84 Å². The van der Waals surface area contributed by atoms with Crippen LogP contribution >= 0.6 is 0 Å². The van der Waals surface area contributed by atoms with Crippen molar-refractivity contribution in [3.05, 3.63) is 42.2 Å². The molecule has 1 aromatic carbocycles. The Morgan fingerprint density at radius 3 is 2.94 bits per heavy atom. The monoisotopic (exact) mass is 247 g/mol. The fourth-order valence-electron chi connectivity index (χ4n) is 1.82. The molecule has 0 aromatic heterocycles. The van der Waals surface area contributed by atoms with Crippen LogP contribution < -0.4 is 15.4 Å². The number of rotatable bonds is 5. The predicted octanol–water partition coefficient (Wildman–Crippen LogP) is 2.66. The predicted molar refractivity (Wildman–Crippen MR) is 70.1 cm³/mol. The third kappa shape index (κ3) is 2.91. The molecule has 2 N–H and O–H groups in total. The van der Waals surface area contributed by atoms with E-state index in [1.54, 1.807) is 0 Å². The Labute approximate surface area is 107 Å². The standard InChI is InChI=1S/C14H17NO3/c1-10-8-11(2)18-14-9-12(4-5-13(10)14)16-6-3-7-17-15/h4-5,8-9H,2-3,6-7,15H2,1H3. The van der Waals surface area contributed by atoms with Gasteiger partial charge in [-0.2, -0.15) is 0 Å². The van der Waals surface area contributed by atoms with Crippen molar-refractivity contribution in [1.82, 2.24) is 0 Å². The number of ether oxygens (including phenoxy) is 2. The lowest BCUT2D eigenvalue weighted by molar-refractivity contribution is 0.122.